The summed E-state index contributed by atoms with van der Waals surface area (Å²) >= 11 is 18.9. The van der Waals surface area contributed by atoms with Crippen molar-refractivity contribution in [2.45, 2.75) is 63.5 Å². The summed E-state index contributed by atoms with van der Waals surface area (Å²) in [7, 11) is 0. The van der Waals surface area contributed by atoms with Crippen molar-refractivity contribution < 1.29 is 13.6 Å². The van der Waals surface area contributed by atoms with Gasteiger partial charge < -0.3 is 16.4 Å². The molecule has 3 aromatic rings. The molecule has 0 spiro atoms. The summed E-state index contributed by atoms with van der Waals surface area (Å²) in [6, 6.07) is 2.67. The number of carbonyl (C=O) groups is 1. The zero-order valence-electron chi connectivity index (χ0n) is 19.3. The van der Waals surface area contributed by atoms with E-state index < -0.39 is 17.4 Å². The van der Waals surface area contributed by atoms with E-state index in [9.17, 15) is 13.6 Å². The van der Waals surface area contributed by atoms with Gasteiger partial charge in [-0.15, -0.1) is 0 Å². The first kappa shape index (κ1) is 25.2. The fourth-order valence-corrected chi connectivity index (χ4v) is 5.77. The maximum atomic E-state index is 13.3. The highest BCUT2D eigenvalue weighted by Gasteiger charge is 2.45. The van der Waals surface area contributed by atoms with Gasteiger partial charge in [0.25, 0.3) is 5.92 Å². The lowest BCUT2D eigenvalue weighted by Gasteiger charge is -2.36. The number of nitrogens with two attached hydrogens (primary N) is 1. The Hall–Kier alpha value is -2.43. The molecule has 0 aliphatic heterocycles. The van der Waals surface area contributed by atoms with Crippen molar-refractivity contribution in [3.63, 3.8) is 0 Å². The molecule has 0 saturated heterocycles. The molecule has 0 unspecified atom stereocenters. The van der Waals surface area contributed by atoms with Crippen molar-refractivity contribution >= 4 is 69.5 Å². The molecule has 4 N–H and O–H groups in total. The number of alkyl halides is 2. The molecule has 2 aromatic heterocycles. The van der Waals surface area contributed by atoms with E-state index in [1.165, 1.54) is 0 Å². The Labute approximate surface area is 220 Å². The van der Waals surface area contributed by atoms with Crippen LogP contribution in [0.25, 0.3) is 11.2 Å². The number of rotatable bonds is 6. The number of primary amides is 1. The van der Waals surface area contributed by atoms with E-state index in [0.29, 0.717) is 63.6 Å². The van der Waals surface area contributed by atoms with Crippen LogP contribution in [0.15, 0.2) is 18.3 Å². The van der Waals surface area contributed by atoms with Gasteiger partial charge in [0.2, 0.25) is 17.8 Å². The molecule has 5 rings (SSSR count). The van der Waals surface area contributed by atoms with Crippen LogP contribution in [0, 0.1) is 5.41 Å². The summed E-state index contributed by atoms with van der Waals surface area (Å²) in [4.78, 5) is 25.6. The summed E-state index contributed by atoms with van der Waals surface area (Å²) in [6.45, 7) is 1.88. The fraction of sp³-hybridized carbons (Fsp3) is 0.478. The second-order valence-electron chi connectivity index (χ2n) is 9.84. The molecule has 2 fully saturated rings. The normalized spacial score (nSPS) is 23.9. The Kier molecular flexibility index (Phi) is 6.41. The predicted octanol–water partition coefficient (Wildman–Crippen LogP) is 6.35. The number of halogens is 5. The molecule has 0 atom stereocenters. The summed E-state index contributed by atoms with van der Waals surface area (Å²) < 4.78 is 28.5. The highest BCUT2D eigenvalue weighted by atomic mass is 35.5. The molecular weight excluding hydrogens is 535 g/mol. The van der Waals surface area contributed by atoms with Crippen molar-refractivity contribution in [2.75, 3.05) is 10.6 Å². The number of nitrogens with zero attached hydrogens (tertiary/aromatic N) is 4. The molecule has 192 valence electrons. The van der Waals surface area contributed by atoms with Crippen molar-refractivity contribution in [1.29, 1.82) is 0 Å². The standard InChI is InChI=1S/C23H24Cl3F2N7O/c1-22(19(29)36)4-2-13(3-5-22)35-18-16(10-30-20(34-18)31-12-8-23(27,28)9-12)32-21(35)33-17-14(25)6-11(24)7-15(17)26/h6-7,10,12-13H,2-5,8-9H2,1H3,(H2,29,36)(H,32,33)(H,30,31,34). The number of amides is 1. The summed E-state index contributed by atoms with van der Waals surface area (Å²) in [6.07, 6.45) is 3.53. The number of aromatic nitrogens is 4. The second-order valence-corrected chi connectivity index (χ2v) is 11.1. The minimum Gasteiger partial charge on any atom is -0.369 e. The van der Waals surface area contributed by atoms with E-state index in [4.69, 9.17) is 40.5 Å². The highest BCUT2D eigenvalue weighted by molar-refractivity contribution is 6.41. The topological polar surface area (TPSA) is 111 Å². The number of imidazole rings is 1. The molecule has 13 heteroatoms. The van der Waals surface area contributed by atoms with E-state index in [0.717, 1.165) is 0 Å². The third kappa shape index (κ3) is 4.78. The monoisotopic (exact) mass is 557 g/mol. The van der Waals surface area contributed by atoms with Crippen LogP contribution in [0.2, 0.25) is 15.1 Å². The van der Waals surface area contributed by atoms with Crippen LogP contribution in [-0.2, 0) is 4.79 Å². The molecule has 2 saturated carbocycles. The van der Waals surface area contributed by atoms with E-state index >= 15 is 0 Å². The Morgan fingerprint density at radius 2 is 1.78 bits per heavy atom. The molecule has 2 aliphatic carbocycles. The molecule has 0 bridgehead atoms. The molecule has 2 aliphatic rings. The first-order chi connectivity index (χ1) is 16.9. The smallest absolute Gasteiger partial charge is 0.252 e. The van der Waals surface area contributed by atoms with Crippen LogP contribution < -0.4 is 16.4 Å². The Balaban J connectivity index is 1.52. The molecular formula is C23H24Cl3F2N7O. The van der Waals surface area contributed by atoms with E-state index in [-0.39, 0.29) is 30.7 Å². The van der Waals surface area contributed by atoms with E-state index in [2.05, 4.69) is 25.6 Å². The number of hydrogen-bond acceptors (Lipinski definition) is 6. The third-order valence-electron chi connectivity index (χ3n) is 7.12. The molecule has 0 radical (unpaired) electrons. The van der Waals surface area contributed by atoms with Crippen molar-refractivity contribution in [1.82, 2.24) is 19.5 Å². The summed E-state index contributed by atoms with van der Waals surface area (Å²) in [5.41, 5.74) is 6.52. The van der Waals surface area contributed by atoms with Crippen LogP contribution in [0.3, 0.4) is 0 Å². The summed E-state index contributed by atoms with van der Waals surface area (Å²) in [5.74, 6) is -2.30. The fourth-order valence-electron chi connectivity index (χ4n) is 4.86. The zero-order chi connectivity index (χ0) is 25.8. The van der Waals surface area contributed by atoms with Gasteiger partial charge in [0.05, 0.1) is 21.9 Å². The lowest BCUT2D eigenvalue weighted by Crippen LogP contribution is -2.44. The van der Waals surface area contributed by atoms with Crippen LogP contribution >= 0.6 is 34.8 Å². The highest BCUT2D eigenvalue weighted by Crippen LogP contribution is 2.44. The number of carbonyl (C=O) groups excluding carboxylic acids is 1. The predicted molar refractivity (Wildman–Crippen MR) is 136 cm³/mol. The quantitative estimate of drug-likeness (QED) is 0.325. The van der Waals surface area contributed by atoms with E-state index in [1.807, 2.05) is 11.5 Å². The number of nitrogens with one attached hydrogen (secondary N) is 2. The largest absolute Gasteiger partial charge is 0.369 e. The number of benzene rings is 1. The number of fused-ring (bicyclic) bond motifs is 1. The first-order valence-corrected chi connectivity index (χ1v) is 12.7. The Morgan fingerprint density at radius 1 is 1.14 bits per heavy atom. The van der Waals surface area contributed by atoms with Crippen molar-refractivity contribution in [2.24, 2.45) is 11.1 Å². The van der Waals surface area contributed by atoms with Crippen molar-refractivity contribution in [3.05, 3.63) is 33.4 Å². The van der Waals surface area contributed by atoms with Crippen LogP contribution in [0.1, 0.15) is 51.5 Å². The molecule has 1 aromatic carbocycles. The van der Waals surface area contributed by atoms with Crippen molar-refractivity contribution in [3.8, 4) is 0 Å². The molecule has 2 heterocycles. The minimum atomic E-state index is -2.66. The SMILES string of the molecule is CC1(C(N)=O)CCC(n2c(Nc3c(Cl)cc(Cl)cc3Cl)nc3cnc(NC4CC(F)(F)C4)nc32)CC1. The van der Waals surface area contributed by atoms with Gasteiger partial charge in [-0.05, 0) is 37.8 Å². The maximum absolute atomic E-state index is 13.3. The van der Waals surface area contributed by atoms with E-state index in [1.54, 1.807) is 18.3 Å². The average Bonchev–Trinajstić information content (AvgIpc) is 3.13. The average molecular weight is 559 g/mol. The zero-order valence-corrected chi connectivity index (χ0v) is 21.6. The Morgan fingerprint density at radius 3 is 2.36 bits per heavy atom. The third-order valence-corrected chi connectivity index (χ3v) is 7.93. The van der Waals surface area contributed by atoms with Gasteiger partial charge in [-0.1, -0.05) is 41.7 Å². The van der Waals surface area contributed by atoms with Gasteiger partial charge in [-0.25, -0.2) is 18.7 Å². The molecule has 8 nitrogen and oxygen atoms in total. The van der Waals surface area contributed by atoms with Gasteiger partial charge >= 0.3 is 0 Å². The minimum absolute atomic E-state index is 0.0643. The maximum Gasteiger partial charge on any atom is 0.252 e. The second kappa shape index (κ2) is 9.15. The van der Waals surface area contributed by atoms with Gasteiger partial charge in [0.15, 0.2) is 5.65 Å². The van der Waals surface area contributed by atoms with Gasteiger partial charge in [-0.3, -0.25) is 9.36 Å². The molecule has 36 heavy (non-hydrogen) atoms. The lowest BCUT2D eigenvalue weighted by atomic mass is 9.73. The number of anilines is 3. The van der Waals surface area contributed by atoms with Gasteiger partial charge in [0.1, 0.15) is 5.52 Å². The lowest BCUT2D eigenvalue weighted by molar-refractivity contribution is -0.128. The van der Waals surface area contributed by atoms with Crippen LogP contribution in [0.4, 0.5) is 26.4 Å². The first-order valence-electron chi connectivity index (χ1n) is 11.5. The number of hydrogen-bond donors (Lipinski definition) is 3. The van der Waals surface area contributed by atoms with Gasteiger partial charge in [0, 0.05) is 35.4 Å². The molecule has 1 amide bonds. The Bertz CT molecular complexity index is 1310. The van der Waals surface area contributed by atoms with Crippen LogP contribution in [0.5, 0.6) is 0 Å². The van der Waals surface area contributed by atoms with Gasteiger partial charge in [-0.2, -0.15) is 4.98 Å². The van der Waals surface area contributed by atoms with Crippen LogP contribution in [-0.4, -0.2) is 37.4 Å². The summed E-state index contributed by atoms with van der Waals surface area (Å²) in [5, 5.41) is 7.22.